The summed E-state index contributed by atoms with van der Waals surface area (Å²) in [6.45, 7) is 4.15. The van der Waals surface area contributed by atoms with Crippen molar-refractivity contribution >= 4 is 11.2 Å². The summed E-state index contributed by atoms with van der Waals surface area (Å²) in [6.07, 6.45) is 1.73. The minimum Gasteiger partial charge on any atom is -0.306 e. The van der Waals surface area contributed by atoms with Crippen molar-refractivity contribution in [2.75, 3.05) is 0 Å². The molecule has 2 heterocycles. The lowest BCUT2D eigenvalue weighted by Crippen LogP contribution is -2.05. The van der Waals surface area contributed by atoms with E-state index in [-0.39, 0.29) is 5.56 Å². The van der Waals surface area contributed by atoms with Gasteiger partial charge in [-0.25, -0.2) is 4.98 Å². The van der Waals surface area contributed by atoms with Crippen LogP contribution in [0.4, 0.5) is 0 Å². The predicted octanol–water partition coefficient (Wildman–Crippen LogP) is 2.33. The summed E-state index contributed by atoms with van der Waals surface area (Å²) in [5, 5.41) is 0. The lowest BCUT2D eigenvalue weighted by molar-refractivity contribution is 1.05. The van der Waals surface area contributed by atoms with Crippen LogP contribution in [0.3, 0.4) is 0 Å². The number of hydrogen-bond acceptors (Lipinski definition) is 2. The molecule has 0 aliphatic heterocycles. The molecule has 0 saturated carbocycles. The first-order valence-corrected chi connectivity index (χ1v) is 5.79. The van der Waals surface area contributed by atoms with Gasteiger partial charge in [-0.2, -0.15) is 0 Å². The highest BCUT2D eigenvalue weighted by Gasteiger charge is 2.06. The van der Waals surface area contributed by atoms with Gasteiger partial charge in [0, 0.05) is 11.8 Å². The smallest absolute Gasteiger partial charge is 0.249 e. The number of H-pyrrole nitrogens is 1. The topological polar surface area (TPSA) is 50.7 Å². The Bertz CT molecular complexity index is 783. The fourth-order valence-corrected chi connectivity index (χ4v) is 1.99. The van der Waals surface area contributed by atoms with E-state index in [4.69, 9.17) is 0 Å². The summed E-state index contributed by atoms with van der Waals surface area (Å²) in [6, 6.07) is 9.39. The Labute approximate surface area is 104 Å². The van der Waals surface area contributed by atoms with E-state index < -0.39 is 0 Å². The first-order valence-electron chi connectivity index (χ1n) is 5.79. The summed E-state index contributed by atoms with van der Waals surface area (Å²) in [4.78, 5) is 18.5. The second-order valence-electron chi connectivity index (χ2n) is 4.44. The fourth-order valence-electron chi connectivity index (χ4n) is 1.99. The maximum absolute atomic E-state index is 11.4. The highest BCUT2D eigenvalue weighted by molar-refractivity contribution is 5.72. The molecule has 3 rings (SSSR count). The number of hydrogen-bond donors (Lipinski definition) is 1. The van der Waals surface area contributed by atoms with Gasteiger partial charge in [0.1, 0.15) is 17.5 Å². The van der Waals surface area contributed by atoms with Gasteiger partial charge in [-0.15, -0.1) is 0 Å². The molecule has 4 nitrogen and oxygen atoms in total. The summed E-state index contributed by atoms with van der Waals surface area (Å²) in [7, 11) is 0. The average molecular weight is 239 g/mol. The Kier molecular flexibility index (Phi) is 2.30. The first-order chi connectivity index (χ1) is 8.65. The molecule has 0 amide bonds. The van der Waals surface area contributed by atoms with Crippen LogP contribution in [0, 0.1) is 13.8 Å². The van der Waals surface area contributed by atoms with Crippen molar-refractivity contribution in [1.82, 2.24) is 14.5 Å². The maximum Gasteiger partial charge on any atom is 0.249 e. The third-order valence-electron chi connectivity index (χ3n) is 3.20. The molecule has 1 N–H and O–H groups in total. The zero-order valence-electron chi connectivity index (χ0n) is 10.3. The minimum absolute atomic E-state index is 0.118. The van der Waals surface area contributed by atoms with Gasteiger partial charge in [0.15, 0.2) is 0 Å². The van der Waals surface area contributed by atoms with Crippen LogP contribution in [0.5, 0.6) is 0 Å². The van der Waals surface area contributed by atoms with Crippen LogP contribution < -0.4 is 5.56 Å². The summed E-state index contributed by atoms with van der Waals surface area (Å²) in [5.74, 6) is 0. The molecule has 1 aromatic carbocycles. The van der Waals surface area contributed by atoms with Crippen LogP contribution >= 0.6 is 0 Å². The molecule has 90 valence electrons. The third-order valence-corrected chi connectivity index (χ3v) is 3.20. The van der Waals surface area contributed by atoms with Crippen molar-refractivity contribution in [1.29, 1.82) is 0 Å². The van der Waals surface area contributed by atoms with E-state index in [0.717, 1.165) is 16.9 Å². The molecule has 0 aliphatic carbocycles. The van der Waals surface area contributed by atoms with Gasteiger partial charge in [-0.3, -0.25) is 9.36 Å². The van der Waals surface area contributed by atoms with Crippen LogP contribution in [-0.2, 0) is 0 Å². The van der Waals surface area contributed by atoms with Crippen LogP contribution in [0.15, 0.2) is 41.5 Å². The number of imidazole rings is 1. The number of rotatable bonds is 1. The lowest BCUT2D eigenvalue weighted by atomic mass is 10.1. The zero-order chi connectivity index (χ0) is 12.7. The quantitative estimate of drug-likeness (QED) is 0.708. The number of benzene rings is 1. The standard InChI is InChI=1S/C14H13N3O/c1-9-3-4-11(7-10(9)2)17-8-15-12-5-6-13(18)16-14(12)17/h3-8H,1-2H3,(H,16,18). The van der Waals surface area contributed by atoms with Crippen LogP contribution in [-0.4, -0.2) is 14.5 Å². The molecule has 0 radical (unpaired) electrons. The number of nitrogens with zero attached hydrogens (tertiary/aromatic N) is 2. The first kappa shape index (κ1) is 10.8. The molecule has 0 unspecified atom stereocenters. The largest absolute Gasteiger partial charge is 0.306 e. The number of aromatic nitrogens is 3. The molecule has 0 atom stereocenters. The number of fused-ring (bicyclic) bond motifs is 1. The second kappa shape index (κ2) is 3.84. The number of nitrogens with one attached hydrogen (secondary N) is 1. The normalized spacial score (nSPS) is 11.0. The van der Waals surface area contributed by atoms with Gasteiger partial charge in [-0.1, -0.05) is 6.07 Å². The van der Waals surface area contributed by atoms with Crippen molar-refractivity contribution in [2.45, 2.75) is 13.8 Å². The molecule has 3 aromatic rings. The number of pyridine rings is 1. The van der Waals surface area contributed by atoms with Crippen molar-refractivity contribution in [2.24, 2.45) is 0 Å². The second-order valence-corrected chi connectivity index (χ2v) is 4.44. The summed E-state index contributed by atoms with van der Waals surface area (Å²) < 4.78 is 1.89. The van der Waals surface area contributed by atoms with Crippen LogP contribution in [0.2, 0.25) is 0 Å². The molecule has 2 aromatic heterocycles. The van der Waals surface area contributed by atoms with Gasteiger partial charge < -0.3 is 4.98 Å². The molecule has 0 bridgehead atoms. The molecule has 18 heavy (non-hydrogen) atoms. The monoisotopic (exact) mass is 239 g/mol. The molecule has 0 fully saturated rings. The van der Waals surface area contributed by atoms with Crippen LogP contribution in [0.1, 0.15) is 11.1 Å². The van der Waals surface area contributed by atoms with E-state index in [1.54, 1.807) is 12.4 Å². The summed E-state index contributed by atoms with van der Waals surface area (Å²) in [5.41, 5.74) is 4.86. The zero-order valence-corrected chi connectivity index (χ0v) is 10.3. The SMILES string of the molecule is Cc1ccc(-n2cnc3ccc(=O)[nH]c32)cc1C. The predicted molar refractivity (Wildman–Crippen MR) is 71.2 cm³/mol. The molecule has 4 heteroatoms. The van der Waals surface area contributed by atoms with Crippen molar-refractivity contribution in [3.8, 4) is 5.69 Å². The Hall–Kier alpha value is -2.36. The highest BCUT2D eigenvalue weighted by atomic mass is 16.1. The van der Waals surface area contributed by atoms with E-state index >= 15 is 0 Å². The van der Waals surface area contributed by atoms with Crippen LogP contribution in [0.25, 0.3) is 16.9 Å². The Morgan fingerprint density at radius 1 is 1.11 bits per heavy atom. The molecular formula is C14H13N3O. The molecular weight excluding hydrogens is 226 g/mol. The van der Waals surface area contributed by atoms with Crippen molar-refractivity contribution in [3.63, 3.8) is 0 Å². The lowest BCUT2D eigenvalue weighted by Gasteiger charge is -2.06. The Balaban J connectivity index is 2.28. The minimum atomic E-state index is -0.118. The van der Waals surface area contributed by atoms with Crippen molar-refractivity contribution in [3.05, 3.63) is 58.1 Å². The van der Waals surface area contributed by atoms with E-state index in [9.17, 15) is 4.79 Å². The number of aromatic amines is 1. The third kappa shape index (κ3) is 1.62. The average Bonchev–Trinajstić information content (AvgIpc) is 2.75. The maximum atomic E-state index is 11.4. The highest BCUT2D eigenvalue weighted by Crippen LogP contribution is 2.17. The Morgan fingerprint density at radius 3 is 2.72 bits per heavy atom. The Morgan fingerprint density at radius 2 is 1.94 bits per heavy atom. The molecule has 0 spiro atoms. The van der Waals surface area contributed by atoms with Gasteiger partial charge in [0.25, 0.3) is 0 Å². The van der Waals surface area contributed by atoms with E-state index in [1.165, 1.54) is 17.2 Å². The van der Waals surface area contributed by atoms with E-state index in [2.05, 4.69) is 35.9 Å². The van der Waals surface area contributed by atoms with E-state index in [1.807, 2.05) is 10.6 Å². The van der Waals surface area contributed by atoms with Gasteiger partial charge in [0.05, 0.1) is 0 Å². The fraction of sp³-hybridized carbons (Fsp3) is 0.143. The van der Waals surface area contributed by atoms with Gasteiger partial charge in [-0.05, 0) is 43.2 Å². The van der Waals surface area contributed by atoms with Gasteiger partial charge >= 0.3 is 0 Å². The van der Waals surface area contributed by atoms with Gasteiger partial charge in [0.2, 0.25) is 5.56 Å². The summed E-state index contributed by atoms with van der Waals surface area (Å²) >= 11 is 0. The van der Waals surface area contributed by atoms with E-state index in [0.29, 0.717) is 0 Å². The van der Waals surface area contributed by atoms with Crippen molar-refractivity contribution < 1.29 is 0 Å². The molecule has 0 saturated heterocycles. The number of aryl methyl sites for hydroxylation is 2. The molecule has 0 aliphatic rings.